The molecule has 1 aromatic carbocycles. The fourth-order valence-electron chi connectivity index (χ4n) is 6.39. The maximum Gasteiger partial charge on any atom is 0.250 e. The third-order valence-electron chi connectivity index (χ3n) is 10.1. The molecule has 0 bridgehead atoms. The number of rotatable bonds is 8. The number of aryl methyl sites for hydroxylation is 9. The van der Waals surface area contributed by atoms with Crippen LogP contribution in [0.15, 0.2) is 64.6 Å². The minimum Gasteiger partial charge on any atom is -0.497 e. The van der Waals surface area contributed by atoms with Gasteiger partial charge in [0.05, 0.1) is 13.4 Å². The summed E-state index contributed by atoms with van der Waals surface area (Å²) in [6.07, 6.45) is 12.9. The van der Waals surface area contributed by atoms with Gasteiger partial charge in [-0.3, -0.25) is 0 Å². The zero-order valence-electron chi connectivity index (χ0n) is 50.0. The number of hydrogen-bond acceptors (Lipinski definition) is 21. The average Bonchev–Trinajstić information content (AvgIpc) is 1.32. The Morgan fingerprint density at radius 1 is 0.394 bits per heavy atom. The molecule has 0 saturated carbocycles. The third kappa shape index (κ3) is 31.5. The second-order valence-electron chi connectivity index (χ2n) is 18.0. The predicted molar refractivity (Wildman–Crippen MR) is 394 cm³/mol. The van der Waals surface area contributed by atoms with Gasteiger partial charge in [0.1, 0.15) is 63.9 Å². The molecule has 94 heavy (non-hydrogen) atoms. The summed E-state index contributed by atoms with van der Waals surface area (Å²) >= 11 is 97.1. The summed E-state index contributed by atoms with van der Waals surface area (Å²) in [5, 5.41) is 1.99. The summed E-state index contributed by atoms with van der Waals surface area (Å²) in [5.41, 5.74) is 0.976. The highest BCUT2D eigenvalue weighted by molar-refractivity contribution is 9.38. The number of methoxy groups -OCH3 is 1. The highest BCUT2D eigenvalue weighted by atomic mass is 80.0. The molecule has 502 valence electrons. The van der Waals surface area contributed by atoms with Crippen LogP contribution in [-0.2, 0) is 27.5 Å². The Balaban J connectivity index is 0.000000243. The molecule has 0 aliphatic carbocycles. The predicted octanol–water partition coefficient (Wildman–Crippen LogP) is 19.9. The largest absolute Gasteiger partial charge is 0.497 e. The van der Waals surface area contributed by atoms with Crippen molar-refractivity contribution >= 4 is 270 Å². The van der Waals surface area contributed by atoms with Crippen LogP contribution in [0.5, 0.6) is 5.75 Å². The van der Waals surface area contributed by atoms with Gasteiger partial charge in [0.25, 0.3) is 0 Å². The number of halogens is 18. The molecule has 0 aliphatic rings. The molecular weight excluding hydrogens is 1750 g/mol. The minimum absolute atomic E-state index is 0.0964. The summed E-state index contributed by atoms with van der Waals surface area (Å²) in [4.78, 5) is 73.9. The summed E-state index contributed by atoms with van der Waals surface area (Å²) in [6.45, 7) is 15.9. The molecule has 0 saturated heterocycles. The van der Waals surface area contributed by atoms with Gasteiger partial charge in [-0.05, 0) is 127 Å². The number of hydrogen-bond donors (Lipinski definition) is 0. The van der Waals surface area contributed by atoms with E-state index in [1.807, 2.05) is 74.7 Å². The Morgan fingerprint density at radius 2 is 0.745 bits per heavy atom. The van der Waals surface area contributed by atoms with Crippen molar-refractivity contribution in [3.63, 3.8) is 0 Å². The van der Waals surface area contributed by atoms with Gasteiger partial charge in [0.2, 0.25) is 19.0 Å². The molecule has 0 unspecified atom stereocenters. The average molecular weight is 1800 g/mol. The first-order valence-electron chi connectivity index (χ1n) is 26.0. The van der Waals surface area contributed by atoms with Gasteiger partial charge in [-0.2, -0.15) is 0 Å². The van der Waals surface area contributed by atoms with Crippen LogP contribution in [0, 0.1) is 55.4 Å². The van der Waals surface area contributed by atoms with E-state index in [0.717, 1.165) is 16.2 Å². The molecule has 0 amide bonds. The lowest BCUT2D eigenvalue weighted by molar-refractivity contribution is 0.415. The quantitative estimate of drug-likeness (QED) is 0.128. The van der Waals surface area contributed by atoms with Crippen LogP contribution in [0.4, 0.5) is 0 Å². The van der Waals surface area contributed by atoms with Crippen molar-refractivity contribution in [3.05, 3.63) is 181 Å². The van der Waals surface area contributed by atoms with E-state index < -0.39 is 21.1 Å². The van der Waals surface area contributed by atoms with Gasteiger partial charge in [-0.25, -0.2) is 89.7 Å². The van der Waals surface area contributed by atoms with Crippen molar-refractivity contribution in [2.75, 3.05) is 7.11 Å². The molecule has 39 heteroatoms. The maximum absolute atomic E-state index is 5.79. The maximum atomic E-state index is 5.79. The first-order chi connectivity index (χ1) is 43.5. The van der Waals surface area contributed by atoms with E-state index in [4.69, 9.17) is 183 Å². The van der Waals surface area contributed by atoms with Crippen LogP contribution in [0.25, 0.3) is 36.5 Å². The standard InChI is InChI=1S/C14H12Cl3N3O.C11H8Cl3N3O.C11H8Cl3N3S.C7H8Cl3N3.C6H6Br3N3.C6H6Cl3N3/c1-9-18-12(20-13(19-9)14(15,16)17)8-5-10-3-6-11(21-2)7-4-10;2*1-7-15-9(5-4-8-3-2-6-18-8)17-10(16-7)11(12,13)14;1-3-5-11-4(2)12-6(13-5)7(8,9)10;2*1-3-10-4(2)12-5(11-3)6(7,8)9/h3-8H,1-2H3;2*2-6H,1H3;3H2,1-2H3;2*1-2H3/b8-5+;2*5-4+;;;. The first-order valence-corrected chi connectivity index (χ1v) is 34.9. The summed E-state index contributed by atoms with van der Waals surface area (Å²) in [7, 11) is 1.62. The topological polar surface area (TPSA) is 254 Å². The molecule has 0 aliphatic heterocycles. The van der Waals surface area contributed by atoms with Gasteiger partial charge in [-0.15, -0.1) is 11.3 Å². The van der Waals surface area contributed by atoms with Gasteiger partial charge in [-0.1, -0.05) is 253 Å². The number of nitrogens with zero attached hydrogens (tertiary/aromatic N) is 18. The van der Waals surface area contributed by atoms with Gasteiger partial charge < -0.3 is 9.15 Å². The van der Waals surface area contributed by atoms with Crippen LogP contribution in [-0.4, -0.2) is 96.8 Å². The highest BCUT2D eigenvalue weighted by Gasteiger charge is 2.31. The summed E-state index contributed by atoms with van der Waals surface area (Å²) < 4.78 is 1.58. The van der Waals surface area contributed by atoms with Crippen LogP contribution in [0.3, 0.4) is 0 Å². The van der Waals surface area contributed by atoms with Crippen molar-refractivity contribution in [1.82, 2.24) is 89.7 Å². The van der Waals surface area contributed by atoms with E-state index in [2.05, 4.69) is 138 Å². The summed E-state index contributed by atoms with van der Waals surface area (Å²) in [5.74, 6) is 9.26. The van der Waals surface area contributed by atoms with Crippen LogP contribution in [0.1, 0.15) is 128 Å². The number of thiophene rings is 1. The van der Waals surface area contributed by atoms with Crippen molar-refractivity contribution in [1.29, 1.82) is 0 Å². The van der Waals surface area contributed by atoms with E-state index in [9.17, 15) is 0 Å². The second kappa shape index (κ2) is 38.0. The number of benzene rings is 1. The van der Waals surface area contributed by atoms with Crippen molar-refractivity contribution in [2.24, 2.45) is 0 Å². The molecule has 9 aromatic rings. The summed E-state index contributed by atoms with van der Waals surface area (Å²) in [6, 6.07) is 15.1. The molecule has 9 rings (SSSR count). The lowest BCUT2D eigenvalue weighted by Crippen LogP contribution is -2.12. The monoisotopic (exact) mass is 1790 g/mol. The fourth-order valence-corrected chi connectivity index (χ4v) is 8.81. The lowest BCUT2D eigenvalue weighted by atomic mass is 10.2. The van der Waals surface area contributed by atoms with Crippen molar-refractivity contribution in [3.8, 4) is 5.75 Å². The number of alkyl halides is 18. The molecule has 0 atom stereocenters. The molecule has 0 fully saturated rings. The van der Waals surface area contributed by atoms with Gasteiger partial charge >= 0.3 is 0 Å². The number of furan rings is 1. The second-order valence-corrected chi connectivity index (χ2v) is 37.1. The Morgan fingerprint density at radius 3 is 1.09 bits per heavy atom. The minimum atomic E-state index is -1.67. The van der Waals surface area contributed by atoms with E-state index in [1.165, 1.54) is 0 Å². The van der Waals surface area contributed by atoms with E-state index in [-0.39, 0.29) is 29.1 Å². The van der Waals surface area contributed by atoms with Crippen LogP contribution in [0.2, 0.25) is 0 Å². The van der Waals surface area contributed by atoms with Crippen molar-refractivity contribution < 1.29 is 9.15 Å². The normalized spacial score (nSPS) is 12.0. The van der Waals surface area contributed by atoms with E-state index >= 15 is 0 Å². The molecule has 0 N–H and O–H groups in total. The Hall–Kier alpha value is -2.93. The first kappa shape index (κ1) is 83.5. The van der Waals surface area contributed by atoms with E-state index in [0.29, 0.717) is 87.9 Å². The van der Waals surface area contributed by atoms with Crippen LogP contribution >= 0.6 is 233 Å². The smallest absolute Gasteiger partial charge is 0.250 e. The number of ether oxygens (including phenoxy) is 1. The molecule has 8 heterocycles. The molecule has 8 aromatic heterocycles. The van der Waals surface area contributed by atoms with E-state index in [1.54, 1.807) is 103 Å². The van der Waals surface area contributed by atoms with Crippen LogP contribution < -0.4 is 4.74 Å². The zero-order valence-corrected chi connectivity index (χ0v) is 66.9. The molecule has 0 radical (unpaired) electrons. The molecule has 0 spiro atoms. The fraction of sp³-hybridized carbons (Fsp3) is 0.309. The highest BCUT2D eigenvalue weighted by Crippen LogP contribution is 2.43. The Bertz CT molecular complexity index is 3780. The van der Waals surface area contributed by atoms with Crippen molar-refractivity contribution in [2.45, 2.75) is 89.8 Å². The zero-order chi connectivity index (χ0) is 70.6. The molecular formula is C55H48Br3Cl15N18O2S. The molecule has 20 nitrogen and oxygen atoms in total. The Labute approximate surface area is 645 Å². The lowest BCUT2D eigenvalue weighted by Gasteiger charge is -2.10. The van der Waals surface area contributed by atoms with Gasteiger partial charge in [0, 0.05) is 11.3 Å². The third-order valence-corrected chi connectivity index (χ3v) is 14.5. The van der Waals surface area contributed by atoms with Gasteiger partial charge in [0.15, 0.2) is 54.6 Å². The SMILES string of the molecule is CCc1nc(C)nc(C(Cl)(Cl)Cl)n1.COc1ccc(/C=C/c2nc(C)nc(C(Cl)(Cl)Cl)n2)cc1.Cc1nc(/C=C/c2ccco2)nc(C(Cl)(Cl)Cl)n1.Cc1nc(/C=C/c2cccs2)nc(C(Cl)(Cl)Cl)n1.Cc1nc(C)nc(C(Br)(Br)Br)n1.Cc1nc(C)nc(C(Cl)(Cl)Cl)n1. The number of aromatic nitrogens is 18. The Kier molecular flexibility index (Phi) is 33.8.